The first-order chi connectivity index (χ1) is 9.30. The number of aromatic amines is 1. The third-order valence-corrected chi connectivity index (χ3v) is 3.23. The van der Waals surface area contributed by atoms with Crippen LogP contribution in [0.4, 0.5) is 0 Å². The maximum atomic E-state index is 12.3. The Hall–Kier alpha value is -2.30. The molecule has 0 fully saturated rings. The van der Waals surface area contributed by atoms with Crippen molar-refractivity contribution in [1.29, 1.82) is 0 Å². The number of nitrogens with one attached hydrogen (secondary N) is 2. The van der Waals surface area contributed by atoms with Gasteiger partial charge in [-0.3, -0.25) is 4.79 Å². The van der Waals surface area contributed by atoms with Gasteiger partial charge in [0.1, 0.15) is 6.04 Å². The maximum absolute atomic E-state index is 12.3. The van der Waals surface area contributed by atoms with E-state index in [0.29, 0.717) is 5.56 Å². The second-order valence-electron chi connectivity index (χ2n) is 5.86. The largest absolute Gasteiger partial charge is 0.480 e. The first-order valence-corrected chi connectivity index (χ1v) is 6.40. The Morgan fingerprint density at radius 1 is 1.25 bits per heavy atom. The van der Waals surface area contributed by atoms with E-state index in [0.717, 1.165) is 10.9 Å². The number of amides is 1. The zero-order valence-corrected chi connectivity index (χ0v) is 11.7. The average Bonchev–Trinajstić information content (AvgIpc) is 2.81. The van der Waals surface area contributed by atoms with Crippen molar-refractivity contribution < 1.29 is 14.7 Å². The van der Waals surface area contributed by atoms with Gasteiger partial charge in [-0.15, -0.1) is 0 Å². The quantitative estimate of drug-likeness (QED) is 0.803. The number of hydrogen-bond acceptors (Lipinski definition) is 2. The highest BCUT2D eigenvalue weighted by Crippen LogP contribution is 2.22. The SMILES string of the molecule is CC(C)(C)[C@@H](NC(=O)c1cccc2[nH]ccc12)C(=O)O. The van der Waals surface area contributed by atoms with Crippen LogP contribution in [0.25, 0.3) is 10.9 Å². The molecule has 0 saturated heterocycles. The third-order valence-electron chi connectivity index (χ3n) is 3.23. The van der Waals surface area contributed by atoms with E-state index in [-0.39, 0.29) is 5.91 Å². The van der Waals surface area contributed by atoms with Gasteiger partial charge in [-0.05, 0) is 23.6 Å². The van der Waals surface area contributed by atoms with Gasteiger partial charge in [0.2, 0.25) is 0 Å². The van der Waals surface area contributed by atoms with Crippen molar-refractivity contribution in [2.24, 2.45) is 5.41 Å². The smallest absolute Gasteiger partial charge is 0.326 e. The molecule has 106 valence electrons. The molecule has 2 rings (SSSR count). The Morgan fingerprint density at radius 2 is 1.95 bits per heavy atom. The van der Waals surface area contributed by atoms with Crippen LogP contribution < -0.4 is 5.32 Å². The van der Waals surface area contributed by atoms with Crippen LogP contribution in [-0.4, -0.2) is 28.0 Å². The van der Waals surface area contributed by atoms with Gasteiger partial charge in [0.05, 0.1) is 0 Å². The maximum Gasteiger partial charge on any atom is 0.326 e. The molecule has 1 amide bonds. The molecule has 0 saturated carbocycles. The van der Waals surface area contributed by atoms with Crippen LogP contribution in [0.1, 0.15) is 31.1 Å². The molecule has 1 aromatic carbocycles. The van der Waals surface area contributed by atoms with E-state index in [9.17, 15) is 14.7 Å². The van der Waals surface area contributed by atoms with Crippen LogP contribution in [0.2, 0.25) is 0 Å². The lowest BCUT2D eigenvalue weighted by atomic mass is 9.86. The second kappa shape index (κ2) is 5.00. The fourth-order valence-corrected chi connectivity index (χ4v) is 2.14. The van der Waals surface area contributed by atoms with Crippen LogP contribution in [0.5, 0.6) is 0 Å². The Balaban J connectivity index is 2.32. The van der Waals surface area contributed by atoms with Gasteiger partial charge in [-0.1, -0.05) is 26.8 Å². The molecular formula is C15H18N2O3. The lowest BCUT2D eigenvalue weighted by Gasteiger charge is -2.27. The summed E-state index contributed by atoms with van der Waals surface area (Å²) < 4.78 is 0. The predicted molar refractivity (Wildman–Crippen MR) is 76.6 cm³/mol. The third kappa shape index (κ3) is 2.66. The number of benzene rings is 1. The van der Waals surface area contributed by atoms with Crippen LogP contribution in [0.3, 0.4) is 0 Å². The topological polar surface area (TPSA) is 82.2 Å². The van der Waals surface area contributed by atoms with Crippen molar-refractivity contribution in [2.45, 2.75) is 26.8 Å². The van der Waals surface area contributed by atoms with E-state index >= 15 is 0 Å². The van der Waals surface area contributed by atoms with Gasteiger partial charge in [0.25, 0.3) is 5.91 Å². The Bertz CT molecular complexity index is 652. The number of carboxylic acids is 1. The highest BCUT2D eigenvalue weighted by atomic mass is 16.4. The number of aromatic nitrogens is 1. The standard InChI is InChI=1S/C15H18N2O3/c1-15(2,3)12(14(19)20)17-13(18)10-5-4-6-11-9(10)7-8-16-11/h4-8,12,16H,1-3H3,(H,17,18)(H,19,20)/t12-/m0/s1. The summed E-state index contributed by atoms with van der Waals surface area (Å²) in [6.07, 6.45) is 1.75. The summed E-state index contributed by atoms with van der Waals surface area (Å²) in [6.45, 7) is 5.34. The van der Waals surface area contributed by atoms with Crippen molar-refractivity contribution >= 4 is 22.8 Å². The molecule has 0 bridgehead atoms. The van der Waals surface area contributed by atoms with Gasteiger partial charge in [-0.2, -0.15) is 0 Å². The molecular weight excluding hydrogens is 256 g/mol. The fourth-order valence-electron chi connectivity index (χ4n) is 2.14. The number of carbonyl (C=O) groups is 2. The van der Waals surface area contributed by atoms with E-state index in [1.807, 2.05) is 6.07 Å². The Morgan fingerprint density at radius 3 is 2.55 bits per heavy atom. The number of rotatable bonds is 3. The summed E-state index contributed by atoms with van der Waals surface area (Å²) in [4.78, 5) is 26.7. The van der Waals surface area contributed by atoms with E-state index in [2.05, 4.69) is 10.3 Å². The van der Waals surface area contributed by atoms with Crippen LogP contribution in [0, 0.1) is 5.41 Å². The molecule has 0 aliphatic rings. The molecule has 0 spiro atoms. The molecule has 1 heterocycles. The second-order valence-corrected chi connectivity index (χ2v) is 5.86. The summed E-state index contributed by atoms with van der Waals surface area (Å²) in [7, 11) is 0. The zero-order chi connectivity index (χ0) is 14.9. The number of hydrogen-bond donors (Lipinski definition) is 3. The number of H-pyrrole nitrogens is 1. The molecule has 0 aliphatic carbocycles. The van der Waals surface area contributed by atoms with Crippen molar-refractivity contribution in [3.8, 4) is 0 Å². The molecule has 5 nitrogen and oxygen atoms in total. The van der Waals surface area contributed by atoms with E-state index < -0.39 is 17.4 Å². The van der Waals surface area contributed by atoms with Crippen LogP contribution in [0.15, 0.2) is 30.5 Å². The Kier molecular flexibility index (Phi) is 3.53. The molecule has 0 unspecified atom stereocenters. The van der Waals surface area contributed by atoms with Gasteiger partial charge >= 0.3 is 5.97 Å². The first-order valence-electron chi connectivity index (χ1n) is 6.40. The van der Waals surface area contributed by atoms with Gasteiger partial charge in [-0.25, -0.2) is 4.79 Å². The van der Waals surface area contributed by atoms with Crippen LogP contribution >= 0.6 is 0 Å². The number of fused-ring (bicyclic) bond motifs is 1. The van der Waals surface area contributed by atoms with Crippen molar-refractivity contribution in [3.63, 3.8) is 0 Å². The number of aliphatic carboxylic acids is 1. The summed E-state index contributed by atoms with van der Waals surface area (Å²) in [5.74, 6) is -1.41. The van der Waals surface area contributed by atoms with Gasteiger partial charge in [0.15, 0.2) is 0 Å². The normalized spacial score (nSPS) is 13.2. The molecule has 3 N–H and O–H groups in total. The summed E-state index contributed by atoms with van der Waals surface area (Å²) in [5, 5.41) is 12.6. The minimum atomic E-state index is -1.04. The lowest BCUT2D eigenvalue weighted by Crippen LogP contribution is -2.49. The number of carbonyl (C=O) groups excluding carboxylic acids is 1. The van der Waals surface area contributed by atoms with Crippen molar-refractivity contribution in [3.05, 3.63) is 36.0 Å². The fraction of sp³-hybridized carbons (Fsp3) is 0.333. The first kappa shape index (κ1) is 14.1. The van der Waals surface area contributed by atoms with Gasteiger partial charge in [0, 0.05) is 22.7 Å². The van der Waals surface area contributed by atoms with Crippen molar-refractivity contribution in [1.82, 2.24) is 10.3 Å². The van der Waals surface area contributed by atoms with E-state index in [4.69, 9.17) is 0 Å². The van der Waals surface area contributed by atoms with E-state index in [1.54, 1.807) is 45.2 Å². The summed E-state index contributed by atoms with van der Waals surface area (Å²) in [5.41, 5.74) is 0.757. The van der Waals surface area contributed by atoms with E-state index in [1.165, 1.54) is 0 Å². The lowest BCUT2D eigenvalue weighted by molar-refractivity contribution is -0.142. The molecule has 5 heteroatoms. The summed E-state index contributed by atoms with van der Waals surface area (Å²) in [6, 6.07) is 6.18. The molecule has 20 heavy (non-hydrogen) atoms. The van der Waals surface area contributed by atoms with Gasteiger partial charge < -0.3 is 15.4 Å². The Labute approximate surface area is 117 Å². The van der Waals surface area contributed by atoms with Crippen LogP contribution in [-0.2, 0) is 4.79 Å². The minimum absolute atomic E-state index is 0.377. The number of carboxylic acid groups (broad SMARTS) is 1. The summed E-state index contributed by atoms with van der Waals surface area (Å²) >= 11 is 0. The average molecular weight is 274 g/mol. The molecule has 1 aromatic heterocycles. The van der Waals surface area contributed by atoms with Crippen molar-refractivity contribution in [2.75, 3.05) is 0 Å². The zero-order valence-electron chi connectivity index (χ0n) is 11.7. The molecule has 0 aliphatic heterocycles. The highest BCUT2D eigenvalue weighted by Gasteiger charge is 2.33. The monoisotopic (exact) mass is 274 g/mol. The highest BCUT2D eigenvalue weighted by molar-refractivity contribution is 6.07. The molecule has 1 atom stereocenters. The molecule has 0 radical (unpaired) electrons. The molecule has 2 aromatic rings. The minimum Gasteiger partial charge on any atom is -0.480 e. The predicted octanol–water partition coefficient (Wildman–Crippen LogP) is 2.40.